The number of fused-ring (bicyclic) bond motifs is 1. The average molecular weight is 461 g/mol. The van der Waals surface area contributed by atoms with E-state index in [1.54, 1.807) is 18.2 Å². The van der Waals surface area contributed by atoms with Crippen molar-refractivity contribution in [2.75, 3.05) is 30.3 Å². The summed E-state index contributed by atoms with van der Waals surface area (Å²) in [6.07, 6.45) is 1.79. The van der Waals surface area contributed by atoms with Gasteiger partial charge in [0.25, 0.3) is 0 Å². The predicted molar refractivity (Wildman–Crippen MR) is 125 cm³/mol. The number of carbonyl (C=O) groups is 1. The molecule has 0 radical (unpaired) electrons. The highest BCUT2D eigenvalue weighted by atomic mass is 35.5. The molecule has 0 spiro atoms. The number of rotatable bonds is 10. The summed E-state index contributed by atoms with van der Waals surface area (Å²) in [4.78, 5) is 12.1. The number of nitrogens with zero attached hydrogens (tertiary/aromatic N) is 1. The van der Waals surface area contributed by atoms with E-state index >= 15 is 0 Å². The normalized spacial score (nSPS) is 11.3. The van der Waals surface area contributed by atoms with E-state index in [1.165, 1.54) is 10.6 Å². The summed E-state index contributed by atoms with van der Waals surface area (Å²) in [6, 6.07) is 20.4. The molecule has 0 bridgehead atoms. The fourth-order valence-corrected chi connectivity index (χ4v) is 4.35. The number of nitrogens with one attached hydrogen (secondary N) is 1. The molecule has 6 nitrogen and oxygen atoms in total. The van der Waals surface area contributed by atoms with Gasteiger partial charge in [0.2, 0.25) is 15.9 Å². The van der Waals surface area contributed by atoms with Crippen molar-refractivity contribution < 1.29 is 17.9 Å². The third-order valence-electron chi connectivity index (χ3n) is 4.70. The van der Waals surface area contributed by atoms with Crippen molar-refractivity contribution in [2.45, 2.75) is 12.8 Å². The molecular weight excluding hydrogens is 436 g/mol. The third-order valence-corrected chi connectivity index (χ3v) is 6.21. The van der Waals surface area contributed by atoms with Crippen LogP contribution in [0, 0.1) is 0 Å². The quantitative estimate of drug-likeness (QED) is 0.459. The lowest BCUT2D eigenvalue weighted by Crippen LogP contribution is -2.32. The molecule has 1 N–H and O–H groups in total. The second-order valence-electron chi connectivity index (χ2n) is 7.10. The summed E-state index contributed by atoms with van der Waals surface area (Å²) < 4.78 is 31.5. The first kappa shape index (κ1) is 22.9. The molecule has 164 valence electrons. The molecule has 0 heterocycles. The monoisotopic (exact) mass is 460 g/mol. The molecule has 0 aliphatic carbocycles. The van der Waals surface area contributed by atoms with Crippen molar-refractivity contribution in [2.24, 2.45) is 0 Å². The molecule has 8 heteroatoms. The van der Waals surface area contributed by atoms with Crippen LogP contribution >= 0.6 is 11.6 Å². The van der Waals surface area contributed by atoms with Gasteiger partial charge in [0, 0.05) is 13.0 Å². The lowest BCUT2D eigenvalue weighted by molar-refractivity contribution is -0.121. The summed E-state index contributed by atoms with van der Waals surface area (Å²) >= 11 is 6.02. The lowest BCUT2D eigenvalue weighted by atomic mass is 10.1. The van der Waals surface area contributed by atoms with E-state index in [2.05, 4.69) is 5.32 Å². The Labute approximate surface area is 187 Å². The Morgan fingerprint density at radius 3 is 2.48 bits per heavy atom. The number of sulfonamides is 1. The second kappa shape index (κ2) is 10.5. The van der Waals surface area contributed by atoms with Gasteiger partial charge in [-0.2, -0.15) is 0 Å². The van der Waals surface area contributed by atoms with E-state index in [-0.39, 0.29) is 18.9 Å². The highest BCUT2D eigenvalue weighted by molar-refractivity contribution is 7.92. The Balaban J connectivity index is 1.49. The van der Waals surface area contributed by atoms with Crippen LogP contribution in [0.15, 0.2) is 66.7 Å². The van der Waals surface area contributed by atoms with Crippen LogP contribution in [0.4, 0.5) is 5.69 Å². The topological polar surface area (TPSA) is 75.7 Å². The molecule has 0 aliphatic rings. The van der Waals surface area contributed by atoms with Gasteiger partial charge in [-0.25, -0.2) is 8.42 Å². The summed E-state index contributed by atoms with van der Waals surface area (Å²) in [5.41, 5.74) is 0.592. The molecule has 0 atom stereocenters. The molecule has 0 saturated carbocycles. The first-order valence-corrected chi connectivity index (χ1v) is 12.2. The molecule has 0 fully saturated rings. The van der Waals surface area contributed by atoms with E-state index in [9.17, 15) is 13.2 Å². The SMILES string of the molecule is CS(=O)(=O)N(CCCC(=O)NCCOc1ccccc1Cl)c1ccc2ccccc2c1. The average Bonchev–Trinajstić information content (AvgIpc) is 2.74. The predicted octanol–water partition coefficient (Wildman–Crippen LogP) is 4.23. The lowest BCUT2D eigenvalue weighted by Gasteiger charge is -2.22. The van der Waals surface area contributed by atoms with Crippen LogP contribution in [-0.4, -0.2) is 40.3 Å². The molecule has 3 aromatic carbocycles. The smallest absolute Gasteiger partial charge is 0.232 e. The number of carbonyl (C=O) groups excluding carboxylic acids is 1. The highest BCUT2D eigenvalue weighted by Crippen LogP contribution is 2.24. The van der Waals surface area contributed by atoms with E-state index in [1.807, 2.05) is 48.5 Å². The van der Waals surface area contributed by atoms with Gasteiger partial charge in [0.1, 0.15) is 12.4 Å². The van der Waals surface area contributed by atoms with Crippen molar-refractivity contribution in [3.8, 4) is 5.75 Å². The number of hydrogen-bond acceptors (Lipinski definition) is 4. The Hall–Kier alpha value is -2.77. The number of para-hydroxylation sites is 1. The van der Waals surface area contributed by atoms with Crippen LogP contribution in [0.2, 0.25) is 5.02 Å². The minimum Gasteiger partial charge on any atom is -0.490 e. The van der Waals surface area contributed by atoms with Gasteiger partial charge < -0.3 is 10.1 Å². The number of ether oxygens (including phenoxy) is 1. The molecular formula is C23H25ClN2O4S. The summed E-state index contributed by atoms with van der Waals surface area (Å²) in [7, 11) is -3.47. The van der Waals surface area contributed by atoms with Gasteiger partial charge in [-0.3, -0.25) is 9.10 Å². The van der Waals surface area contributed by atoms with E-state index in [4.69, 9.17) is 16.3 Å². The van der Waals surface area contributed by atoms with Crippen LogP contribution in [0.5, 0.6) is 5.75 Å². The third kappa shape index (κ3) is 6.60. The standard InChI is InChI=1S/C23H25ClN2O4S/c1-31(28,29)26(20-13-12-18-7-2-3-8-19(18)17-20)15-6-11-23(27)25-14-16-30-22-10-5-4-9-21(22)24/h2-5,7-10,12-13,17H,6,11,14-16H2,1H3,(H,25,27). The van der Waals surface area contributed by atoms with Gasteiger partial charge in [-0.15, -0.1) is 0 Å². The fourth-order valence-electron chi connectivity index (χ4n) is 3.20. The zero-order valence-electron chi connectivity index (χ0n) is 17.3. The van der Waals surface area contributed by atoms with Crippen LogP contribution in [0.3, 0.4) is 0 Å². The van der Waals surface area contributed by atoms with E-state index in [0.29, 0.717) is 36.0 Å². The maximum atomic E-state index is 12.3. The zero-order chi connectivity index (χ0) is 22.3. The molecule has 0 aliphatic heterocycles. The molecule has 1 amide bonds. The molecule has 0 unspecified atom stereocenters. The van der Waals surface area contributed by atoms with Crippen LogP contribution in [0.1, 0.15) is 12.8 Å². The molecule has 31 heavy (non-hydrogen) atoms. The van der Waals surface area contributed by atoms with Gasteiger partial charge in [-0.1, -0.05) is 54.1 Å². The molecule has 0 aromatic heterocycles. The van der Waals surface area contributed by atoms with Crippen LogP contribution in [0.25, 0.3) is 10.8 Å². The zero-order valence-corrected chi connectivity index (χ0v) is 18.8. The summed E-state index contributed by atoms with van der Waals surface area (Å²) in [5.74, 6) is 0.410. The van der Waals surface area contributed by atoms with Crippen LogP contribution < -0.4 is 14.4 Å². The number of anilines is 1. The van der Waals surface area contributed by atoms with Crippen molar-refractivity contribution in [3.63, 3.8) is 0 Å². The Morgan fingerprint density at radius 1 is 1.03 bits per heavy atom. The van der Waals surface area contributed by atoms with Gasteiger partial charge >= 0.3 is 0 Å². The number of benzene rings is 3. The first-order chi connectivity index (χ1) is 14.8. The molecule has 3 aromatic rings. The highest BCUT2D eigenvalue weighted by Gasteiger charge is 2.18. The van der Waals surface area contributed by atoms with Gasteiger partial charge in [-0.05, 0) is 41.5 Å². The van der Waals surface area contributed by atoms with Crippen molar-refractivity contribution in [1.82, 2.24) is 5.32 Å². The van der Waals surface area contributed by atoms with Crippen molar-refractivity contribution >= 4 is 44.0 Å². The van der Waals surface area contributed by atoms with Gasteiger partial charge in [0.15, 0.2) is 0 Å². The largest absolute Gasteiger partial charge is 0.490 e. The maximum absolute atomic E-state index is 12.3. The number of amides is 1. The number of halogens is 1. The van der Waals surface area contributed by atoms with Crippen molar-refractivity contribution in [1.29, 1.82) is 0 Å². The molecule has 0 saturated heterocycles. The van der Waals surface area contributed by atoms with Crippen molar-refractivity contribution in [3.05, 3.63) is 71.8 Å². The summed E-state index contributed by atoms with van der Waals surface area (Å²) in [6.45, 7) is 0.854. The fraction of sp³-hybridized carbons (Fsp3) is 0.261. The van der Waals surface area contributed by atoms with E-state index in [0.717, 1.165) is 10.8 Å². The summed E-state index contributed by atoms with van der Waals surface area (Å²) in [5, 5.41) is 5.29. The Kier molecular flexibility index (Phi) is 7.76. The van der Waals surface area contributed by atoms with Gasteiger partial charge in [0.05, 0.1) is 23.5 Å². The Morgan fingerprint density at radius 2 is 1.74 bits per heavy atom. The first-order valence-electron chi connectivity index (χ1n) is 9.95. The minimum atomic E-state index is -3.47. The van der Waals surface area contributed by atoms with Crippen LogP contribution in [-0.2, 0) is 14.8 Å². The molecule has 3 rings (SSSR count). The maximum Gasteiger partial charge on any atom is 0.232 e. The minimum absolute atomic E-state index is 0.158. The van der Waals surface area contributed by atoms with E-state index < -0.39 is 10.0 Å². The number of hydrogen-bond donors (Lipinski definition) is 1. The Bertz CT molecular complexity index is 1150. The second-order valence-corrected chi connectivity index (χ2v) is 9.41.